The number of carbonyl (C=O) groups is 8. The van der Waals surface area contributed by atoms with Crippen molar-refractivity contribution in [2.45, 2.75) is 68.7 Å². The maximum atomic E-state index is 13.6. The van der Waals surface area contributed by atoms with Crippen molar-refractivity contribution in [2.24, 2.45) is 11.5 Å². The van der Waals surface area contributed by atoms with E-state index in [4.69, 9.17) is 21.1 Å². The predicted octanol–water partition coefficient (Wildman–Crippen LogP) is -3.07. The zero-order chi connectivity index (χ0) is 40.7. The van der Waals surface area contributed by atoms with Gasteiger partial charge in [0.25, 0.3) is 0 Å². The van der Waals surface area contributed by atoms with E-state index in [1.54, 1.807) is 0 Å². The molecule has 23 heteroatoms. The van der Waals surface area contributed by atoms with Crippen molar-refractivity contribution < 1.29 is 75.9 Å². The highest BCUT2D eigenvalue weighted by Crippen LogP contribution is 2.16. The first-order chi connectivity index (χ1) is 25.1. The van der Waals surface area contributed by atoms with Gasteiger partial charge < -0.3 is 57.3 Å². The Morgan fingerprint density at radius 2 is 1.07 bits per heavy atom. The van der Waals surface area contributed by atoms with Gasteiger partial charge in [-0.3, -0.25) is 38.1 Å². The molecule has 0 aromatic heterocycles. The van der Waals surface area contributed by atoms with Gasteiger partial charge in [-0.1, -0.05) is 24.3 Å². The van der Waals surface area contributed by atoms with Crippen molar-refractivity contribution in [3.8, 4) is 11.5 Å². The molecule has 0 fully saturated rings. The summed E-state index contributed by atoms with van der Waals surface area (Å²) < 4.78 is 35.2. The molecule has 0 heterocycles. The number of amides is 5. The Kier molecular flexibility index (Phi) is 16.3. The van der Waals surface area contributed by atoms with E-state index in [0.29, 0.717) is 5.56 Å². The van der Waals surface area contributed by atoms with E-state index in [-0.39, 0.29) is 23.5 Å². The maximum absolute atomic E-state index is 13.6. The number of phenolic OH excluding ortho intramolecular Hbond substituents is 1. The second-order valence-electron chi connectivity index (χ2n) is 11.6. The van der Waals surface area contributed by atoms with Gasteiger partial charge >= 0.3 is 28.3 Å². The molecule has 2 rings (SSSR count). The Morgan fingerprint density at radius 3 is 1.52 bits per heavy atom. The molecule has 22 nitrogen and oxygen atoms in total. The number of hydrogen-bond donors (Lipinski definition) is 11. The second-order valence-corrected chi connectivity index (χ2v) is 12.6. The number of hydrogen-bond acceptors (Lipinski definition) is 13. The normalized spacial score (nSPS) is 13.8. The minimum absolute atomic E-state index is 0.154. The first kappa shape index (κ1) is 43.8. The number of carboxylic acid groups (broad SMARTS) is 3. The predicted molar refractivity (Wildman–Crippen MR) is 180 cm³/mol. The Balaban J connectivity index is 2.42. The highest BCUT2D eigenvalue weighted by atomic mass is 32.3. The molecule has 54 heavy (non-hydrogen) atoms. The molecule has 5 amide bonds. The first-order valence-electron chi connectivity index (χ1n) is 15.6. The molecule has 0 radical (unpaired) electrons. The summed E-state index contributed by atoms with van der Waals surface area (Å²) in [5.41, 5.74) is 11.2. The molecular weight excluding hydrogens is 744 g/mol. The Hall–Kier alpha value is -6.33. The monoisotopic (exact) mass is 782 g/mol. The maximum Gasteiger partial charge on any atom is 0.446 e. The van der Waals surface area contributed by atoms with E-state index in [9.17, 15) is 62.1 Å². The lowest BCUT2D eigenvalue weighted by atomic mass is 10.0. The van der Waals surface area contributed by atoms with E-state index < -0.39 is 120 Å². The Bertz CT molecular complexity index is 1820. The molecule has 0 aliphatic heterocycles. The first-order valence-corrected chi connectivity index (χ1v) is 17.0. The molecule has 0 spiro atoms. The number of rotatable bonds is 22. The summed E-state index contributed by atoms with van der Waals surface area (Å²) in [6.07, 6.45) is -3.61. The van der Waals surface area contributed by atoms with Gasteiger partial charge in [0, 0.05) is 19.3 Å². The number of carboxylic acids is 3. The van der Waals surface area contributed by atoms with Crippen molar-refractivity contribution in [2.75, 3.05) is 0 Å². The van der Waals surface area contributed by atoms with Crippen LogP contribution in [0.3, 0.4) is 0 Å². The lowest BCUT2D eigenvalue weighted by molar-refractivity contribution is -0.143. The summed E-state index contributed by atoms with van der Waals surface area (Å²) in [6, 6.07) is 1.18. The third-order valence-electron chi connectivity index (χ3n) is 7.24. The highest BCUT2D eigenvalue weighted by Gasteiger charge is 2.33. The van der Waals surface area contributed by atoms with Crippen LogP contribution in [0.1, 0.15) is 36.8 Å². The molecule has 0 saturated heterocycles. The number of nitrogens with one attached hydrogen (secondary N) is 4. The van der Waals surface area contributed by atoms with Crippen LogP contribution in [-0.4, -0.2) is 111 Å². The number of carbonyl (C=O) groups excluding carboxylic acids is 5. The molecule has 2 aromatic carbocycles. The lowest BCUT2D eigenvalue weighted by Crippen LogP contribution is -2.59. The number of benzene rings is 2. The van der Waals surface area contributed by atoms with Crippen LogP contribution in [0.25, 0.3) is 0 Å². The van der Waals surface area contributed by atoms with Crippen molar-refractivity contribution in [3.05, 3.63) is 59.7 Å². The zero-order valence-electron chi connectivity index (χ0n) is 28.0. The van der Waals surface area contributed by atoms with E-state index in [1.807, 2.05) is 0 Å². The number of aliphatic carboxylic acids is 3. The fraction of sp³-hybridized carbons (Fsp3) is 0.355. The number of nitrogens with two attached hydrogens (primary N) is 2. The van der Waals surface area contributed by atoms with Crippen LogP contribution in [0.15, 0.2) is 48.5 Å². The average Bonchev–Trinajstić information content (AvgIpc) is 3.05. The van der Waals surface area contributed by atoms with E-state index in [2.05, 4.69) is 25.5 Å². The minimum Gasteiger partial charge on any atom is -0.508 e. The van der Waals surface area contributed by atoms with Gasteiger partial charge in [-0.2, -0.15) is 8.42 Å². The van der Waals surface area contributed by atoms with E-state index in [0.717, 1.165) is 12.1 Å². The van der Waals surface area contributed by atoms with Crippen molar-refractivity contribution >= 4 is 57.8 Å². The van der Waals surface area contributed by atoms with Crippen LogP contribution in [0.2, 0.25) is 0 Å². The minimum atomic E-state index is -4.89. The third kappa shape index (κ3) is 15.9. The van der Waals surface area contributed by atoms with Crippen LogP contribution >= 0.6 is 0 Å². The molecule has 0 aliphatic rings. The van der Waals surface area contributed by atoms with Crippen LogP contribution in [0.4, 0.5) is 0 Å². The molecular formula is C31H38N6O16S. The molecule has 5 atom stereocenters. The number of aromatic hydroxyl groups is 1. The van der Waals surface area contributed by atoms with E-state index in [1.165, 1.54) is 36.4 Å². The van der Waals surface area contributed by atoms with Gasteiger partial charge in [0.05, 0.1) is 18.9 Å². The van der Waals surface area contributed by atoms with Crippen LogP contribution in [0, 0.1) is 0 Å². The highest BCUT2D eigenvalue weighted by molar-refractivity contribution is 7.81. The standard InChI is InChI=1S/C31H38N6O16S/c32-19(13-25(40)41)27(44)35-21(12-16-3-7-18(8-4-16)53-54(50,51)52)29(46)37-23(14-26(42)43)30(47)36-22(11-15-1-5-17(38)6-2-15)28(45)34-20(31(48)49)9-10-24(33)39/h1-8,19-23,38H,9-14,32H2,(H2,33,39)(H,34,45)(H,35,44)(H,36,47)(H,37,46)(H,40,41)(H,42,43)(H,48,49)(H,50,51,52)/t19-,20-,21-,22-,23-/m0/s1. The summed E-state index contributed by atoms with van der Waals surface area (Å²) in [7, 11) is -4.89. The number of primary amides is 1. The topological polar surface area (TPSA) is 381 Å². The SMILES string of the molecule is NC(=O)CC[C@H](NC(=O)[C@H](Cc1ccc(O)cc1)NC(=O)[C@H](CC(=O)O)NC(=O)[C@H](Cc1ccc(OS(=O)(=O)O)cc1)NC(=O)[C@@H](N)CC(=O)O)C(=O)O. The van der Waals surface area contributed by atoms with Crippen LogP contribution in [0.5, 0.6) is 11.5 Å². The van der Waals surface area contributed by atoms with Gasteiger partial charge in [-0.15, -0.1) is 0 Å². The fourth-order valence-corrected chi connectivity index (χ4v) is 4.98. The number of phenols is 1. The van der Waals surface area contributed by atoms with Crippen molar-refractivity contribution in [3.63, 3.8) is 0 Å². The summed E-state index contributed by atoms with van der Waals surface area (Å²) >= 11 is 0. The lowest BCUT2D eigenvalue weighted by Gasteiger charge is -2.26. The van der Waals surface area contributed by atoms with Crippen molar-refractivity contribution in [1.82, 2.24) is 21.3 Å². The third-order valence-corrected chi connectivity index (χ3v) is 7.65. The largest absolute Gasteiger partial charge is 0.508 e. The average molecular weight is 783 g/mol. The quantitative estimate of drug-likeness (QED) is 0.0528. The molecule has 0 aliphatic carbocycles. The molecule has 0 unspecified atom stereocenters. The molecule has 13 N–H and O–H groups in total. The van der Waals surface area contributed by atoms with Gasteiger partial charge in [0.2, 0.25) is 29.5 Å². The van der Waals surface area contributed by atoms with Crippen LogP contribution < -0.4 is 36.9 Å². The fourth-order valence-electron chi connectivity index (χ4n) is 4.63. The Labute approximate surface area is 306 Å². The molecule has 2 aromatic rings. The molecule has 0 bridgehead atoms. The smallest absolute Gasteiger partial charge is 0.446 e. The van der Waals surface area contributed by atoms with Crippen molar-refractivity contribution in [1.29, 1.82) is 0 Å². The van der Waals surface area contributed by atoms with E-state index >= 15 is 0 Å². The van der Waals surface area contributed by atoms with Gasteiger partial charge in [-0.25, -0.2) is 4.79 Å². The van der Waals surface area contributed by atoms with Crippen LogP contribution in [-0.2, 0) is 61.6 Å². The summed E-state index contributed by atoms with van der Waals surface area (Å²) in [4.78, 5) is 99.1. The summed E-state index contributed by atoms with van der Waals surface area (Å²) in [5.74, 6) is -10.7. The Morgan fingerprint density at radius 1 is 0.648 bits per heavy atom. The zero-order valence-corrected chi connectivity index (χ0v) is 28.9. The summed E-state index contributed by atoms with van der Waals surface area (Å²) in [6.45, 7) is 0. The van der Waals surface area contributed by atoms with Gasteiger partial charge in [0.1, 0.15) is 35.7 Å². The second kappa shape index (κ2) is 20.1. The molecule has 0 saturated carbocycles. The van der Waals surface area contributed by atoms with Gasteiger partial charge in [-0.05, 0) is 41.8 Å². The summed E-state index contributed by atoms with van der Waals surface area (Å²) in [5, 5.41) is 46.6. The van der Waals surface area contributed by atoms with Gasteiger partial charge in [0.15, 0.2) is 0 Å². The molecule has 294 valence electrons.